The molecule has 3 N–H and O–H groups in total. The molecule has 0 aliphatic carbocycles. The monoisotopic (exact) mass is 424 g/mol. The molecule has 6 nitrogen and oxygen atoms in total. The van der Waals surface area contributed by atoms with Crippen molar-refractivity contribution in [1.82, 2.24) is 9.88 Å². The van der Waals surface area contributed by atoms with Gasteiger partial charge in [0.2, 0.25) is 11.8 Å². The summed E-state index contributed by atoms with van der Waals surface area (Å²) in [4.78, 5) is 30.4. The Morgan fingerprint density at radius 1 is 1.31 bits per heavy atom. The van der Waals surface area contributed by atoms with E-state index in [1.54, 1.807) is 17.0 Å². The van der Waals surface area contributed by atoms with Crippen molar-refractivity contribution in [2.75, 3.05) is 18.4 Å². The first-order valence-corrected chi connectivity index (χ1v) is 8.71. The van der Waals surface area contributed by atoms with E-state index in [0.29, 0.717) is 49.1 Å². The molecule has 0 saturated carbocycles. The minimum atomic E-state index is -0.450. The van der Waals surface area contributed by atoms with Crippen LogP contribution < -0.4 is 11.1 Å². The van der Waals surface area contributed by atoms with E-state index in [1.165, 1.54) is 6.20 Å². The van der Waals surface area contributed by atoms with E-state index in [-0.39, 0.29) is 42.5 Å². The molecule has 0 radical (unpaired) electrons. The van der Waals surface area contributed by atoms with Gasteiger partial charge in [-0.1, -0.05) is 25.4 Å². The van der Waals surface area contributed by atoms with Gasteiger partial charge in [-0.3, -0.25) is 9.59 Å². The molecule has 1 fully saturated rings. The molecule has 1 aromatic heterocycles. The number of pyridine rings is 1. The number of rotatable bonds is 5. The number of hydrogen-bond acceptors (Lipinski definition) is 4. The van der Waals surface area contributed by atoms with Crippen LogP contribution in [0.25, 0.3) is 0 Å². The predicted molar refractivity (Wildman–Crippen MR) is 109 cm³/mol. The number of likely N-dealkylation sites (tertiary alicyclic amines) is 1. The molecule has 1 aliphatic heterocycles. The fourth-order valence-electron chi connectivity index (χ4n) is 2.88. The van der Waals surface area contributed by atoms with Crippen molar-refractivity contribution < 1.29 is 9.59 Å². The lowest BCUT2D eigenvalue weighted by Crippen LogP contribution is -2.48. The van der Waals surface area contributed by atoms with Crippen LogP contribution in [0.5, 0.6) is 0 Å². The topological polar surface area (TPSA) is 88.3 Å². The smallest absolute Gasteiger partial charge is 0.239 e. The van der Waals surface area contributed by atoms with E-state index < -0.39 is 6.04 Å². The standard InChI is InChI=1S/C17H25ClN4O2.2ClH/c1-11(2)9-14(19)17(24)22-7-5-12(6-8-22)16(23)21-15-4-3-13(18)10-20-15;;/h3-4,10-12,14H,5-9,19H2,1-2H3,(H,20,21,23);2*1H/t14-;;/m0../s1. The van der Waals surface area contributed by atoms with Crippen LogP contribution in [0.3, 0.4) is 0 Å². The van der Waals surface area contributed by atoms with E-state index in [4.69, 9.17) is 17.3 Å². The number of piperidine rings is 1. The summed E-state index contributed by atoms with van der Waals surface area (Å²) in [7, 11) is 0. The lowest BCUT2D eigenvalue weighted by atomic mass is 9.94. The molecule has 2 rings (SSSR count). The van der Waals surface area contributed by atoms with Crippen LogP contribution in [0.4, 0.5) is 5.82 Å². The largest absolute Gasteiger partial charge is 0.341 e. The fraction of sp³-hybridized carbons (Fsp3) is 0.588. The zero-order valence-corrected chi connectivity index (χ0v) is 17.4. The molecule has 2 amide bonds. The molecule has 0 unspecified atom stereocenters. The molecule has 1 saturated heterocycles. The molecule has 26 heavy (non-hydrogen) atoms. The number of nitrogens with zero attached hydrogens (tertiary/aromatic N) is 2. The van der Waals surface area contributed by atoms with Gasteiger partial charge in [-0.2, -0.15) is 0 Å². The summed E-state index contributed by atoms with van der Waals surface area (Å²) in [6.45, 7) is 5.23. The minimum absolute atomic E-state index is 0. The quantitative estimate of drug-likeness (QED) is 0.758. The van der Waals surface area contributed by atoms with Gasteiger partial charge in [0, 0.05) is 25.2 Å². The highest BCUT2D eigenvalue weighted by Crippen LogP contribution is 2.20. The summed E-state index contributed by atoms with van der Waals surface area (Å²) < 4.78 is 0. The highest BCUT2D eigenvalue weighted by Gasteiger charge is 2.29. The Bertz CT molecular complexity index is 576. The van der Waals surface area contributed by atoms with Crippen molar-refractivity contribution in [3.63, 3.8) is 0 Å². The summed E-state index contributed by atoms with van der Waals surface area (Å²) >= 11 is 5.78. The maximum absolute atomic E-state index is 12.3. The van der Waals surface area contributed by atoms with E-state index in [2.05, 4.69) is 24.1 Å². The van der Waals surface area contributed by atoms with E-state index in [9.17, 15) is 9.59 Å². The maximum atomic E-state index is 12.3. The molecular formula is C17H27Cl3N4O2. The summed E-state index contributed by atoms with van der Waals surface area (Å²) in [6.07, 6.45) is 3.45. The molecule has 1 aromatic rings. The number of amides is 2. The summed E-state index contributed by atoms with van der Waals surface area (Å²) in [5, 5.41) is 3.32. The van der Waals surface area contributed by atoms with E-state index >= 15 is 0 Å². The SMILES string of the molecule is CC(C)C[C@H](N)C(=O)N1CCC(C(=O)Nc2ccc(Cl)cn2)CC1.Cl.Cl. The van der Waals surface area contributed by atoms with Gasteiger partial charge in [0.15, 0.2) is 0 Å². The second-order valence-electron chi connectivity index (χ2n) is 6.69. The zero-order valence-electron chi connectivity index (χ0n) is 15.0. The number of carbonyl (C=O) groups is 2. The summed E-state index contributed by atoms with van der Waals surface area (Å²) in [6, 6.07) is 2.90. The Kier molecular flexibility index (Phi) is 11.1. The summed E-state index contributed by atoms with van der Waals surface area (Å²) in [5.74, 6) is 0.680. The molecule has 1 aliphatic rings. The Morgan fingerprint density at radius 2 is 1.92 bits per heavy atom. The number of nitrogens with two attached hydrogens (primary N) is 1. The van der Waals surface area contributed by atoms with E-state index in [1.807, 2.05) is 0 Å². The van der Waals surface area contributed by atoms with Crippen LogP contribution in [0.2, 0.25) is 5.02 Å². The Balaban J connectivity index is 0.00000312. The van der Waals surface area contributed by atoms with Gasteiger partial charge in [0.1, 0.15) is 5.82 Å². The number of nitrogens with one attached hydrogen (secondary N) is 1. The van der Waals surface area contributed by atoms with Crippen LogP contribution in [-0.2, 0) is 9.59 Å². The summed E-state index contributed by atoms with van der Waals surface area (Å²) in [5.41, 5.74) is 5.97. The van der Waals surface area contributed by atoms with Crippen molar-refractivity contribution in [3.05, 3.63) is 23.4 Å². The molecule has 0 bridgehead atoms. The maximum Gasteiger partial charge on any atom is 0.239 e. The number of aromatic nitrogens is 1. The van der Waals surface area contributed by atoms with Gasteiger partial charge in [0.05, 0.1) is 11.1 Å². The first-order valence-electron chi connectivity index (χ1n) is 8.33. The van der Waals surface area contributed by atoms with Crippen LogP contribution in [0.1, 0.15) is 33.1 Å². The third-order valence-corrected chi connectivity index (χ3v) is 4.42. The second kappa shape index (κ2) is 11.6. The van der Waals surface area contributed by atoms with Gasteiger partial charge in [0.25, 0.3) is 0 Å². The number of hydrogen-bond donors (Lipinski definition) is 2. The predicted octanol–water partition coefficient (Wildman–Crippen LogP) is 3.13. The Morgan fingerprint density at radius 3 is 2.42 bits per heavy atom. The Hall–Kier alpha value is -1.08. The van der Waals surface area contributed by atoms with Crippen molar-refractivity contribution in [1.29, 1.82) is 0 Å². The molecule has 2 heterocycles. The van der Waals surface area contributed by atoms with Gasteiger partial charge in [-0.25, -0.2) is 4.98 Å². The van der Waals surface area contributed by atoms with Crippen molar-refractivity contribution in [3.8, 4) is 0 Å². The second-order valence-corrected chi connectivity index (χ2v) is 7.12. The van der Waals surface area contributed by atoms with Crippen LogP contribution in [0.15, 0.2) is 18.3 Å². The first-order chi connectivity index (χ1) is 11.4. The minimum Gasteiger partial charge on any atom is -0.341 e. The van der Waals surface area contributed by atoms with Gasteiger partial charge >= 0.3 is 0 Å². The van der Waals surface area contributed by atoms with Crippen LogP contribution in [0, 0.1) is 11.8 Å². The third kappa shape index (κ3) is 7.27. The van der Waals surface area contributed by atoms with Gasteiger partial charge in [-0.05, 0) is 37.3 Å². The first kappa shape index (κ1) is 24.9. The lowest BCUT2D eigenvalue weighted by molar-refractivity contribution is -0.136. The fourth-order valence-corrected chi connectivity index (χ4v) is 3.00. The third-order valence-electron chi connectivity index (χ3n) is 4.20. The Labute approximate surface area is 172 Å². The van der Waals surface area contributed by atoms with Crippen molar-refractivity contribution in [2.24, 2.45) is 17.6 Å². The average Bonchev–Trinajstić information content (AvgIpc) is 2.55. The molecule has 0 spiro atoms. The normalized spacial score (nSPS) is 15.7. The number of anilines is 1. The number of carbonyl (C=O) groups excluding carboxylic acids is 2. The van der Waals surface area contributed by atoms with Crippen LogP contribution in [-0.4, -0.2) is 40.8 Å². The van der Waals surface area contributed by atoms with Gasteiger partial charge in [-0.15, -0.1) is 24.8 Å². The molecule has 1 atom stereocenters. The molecule has 0 aromatic carbocycles. The van der Waals surface area contributed by atoms with Crippen LogP contribution >= 0.6 is 36.4 Å². The number of halogens is 3. The molecule has 9 heteroatoms. The van der Waals surface area contributed by atoms with Crippen molar-refractivity contribution in [2.45, 2.75) is 39.2 Å². The lowest BCUT2D eigenvalue weighted by Gasteiger charge is -2.33. The highest BCUT2D eigenvalue weighted by molar-refractivity contribution is 6.30. The van der Waals surface area contributed by atoms with Gasteiger partial charge < -0.3 is 16.0 Å². The zero-order chi connectivity index (χ0) is 17.7. The van der Waals surface area contributed by atoms with E-state index in [0.717, 1.165) is 0 Å². The molecular weight excluding hydrogens is 399 g/mol. The highest BCUT2D eigenvalue weighted by atomic mass is 35.5. The molecule has 148 valence electrons. The van der Waals surface area contributed by atoms with Crippen molar-refractivity contribution >= 4 is 54.0 Å². The average molecular weight is 426 g/mol.